The minimum atomic E-state index is 0.889. The van der Waals surface area contributed by atoms with Gasteiger partial charge in [0, 0.05) is 27.2 Å². The van der Waals surface area contributed by atoms with Gasteiger partial charge >= 0.3 is 0 Å². The highest BCUT2D eigenvalue weighted by Gasteiger charge is 2.17. The lowest BCUT2D eigenvalue weighted by molar-refractivity contribution is 0.669. The molecule has 0 aliphatic heterocycles. The van der Waals surface area contributed by atoms with Crippen LogP contribution in [0.25, 0.3) is 93.9 Å². The molecule has 0 fully saturated rings. The van der Waals surface area contributed by atoms with Gasteiger partial charge < -0.3 is 8.98 Å². The monoisotopic (exact) mass is 637 g/mol. The summed E-state index contributed by atoms with van der Waals surface area (Å²) in [6.07, 6.45) is 0. The number of hydrogen-bond donors (Lipinski definition) is 0. The number of hydrogen-bond acceptors (Lipinski definition) is 1. The Morgan fingerprint density at radius 3 is 1.62 bits per heavy atom. The van der Waals surface area contributed by atoms with Crippen molar-refractivity contribution in [3.63, 3.8) is 0 Å². The zero-order chi connectivity index (χ0) is 33.0. The lowest BCUT2D eigenvalue weighted by Gasteiger charge is -2.12. The van der Waals surface area contributed by atoms with Gasteiger partial charge in [-0.1, -0.05) is 121 Å². The van der Waals surface area contributed by atoms with Crippen molar-refractivity contribution in [1.82, 2.24) is 4.57 Å². The molecule has 8 aromatic carbocycles. The highest BCUT2D eigenvalue weighted by atomic mass is 16.3. The second kappa shape index (κ2) is 11.5. The van der Waals surface area contributed by atoms with Crippen LogP contribution >= 0.6 is 0 Å². The zero-order valence-electron chi connectivity index (χ0n) is 27.3. The average molecular weight is 638 g/mol. The van der Waals surface area contributed by atoms with E-state index in [1.54, 1.807) is 0 Å². The van der Waals surface area contributed by atoms with Crippen LogP contribution in [0.1, 0.15) is 0 Å². The molecule has 2 nitrogen and oxygen atoms in total. The van der Waals surface area contributed by atoms with Crippen molar-refractivity contribution in [3.8, 4) is 50.2 Å². The Labute approximate surface area is 290 Å². The van der Waals surface area contributed by atoms with Gasteiger partial charge in [0.15, 0.2) is 0 Å². The lowest BCUT2D eigenvalue weighted by Crippen LogP contribution is -1.92. The van der Waals surface area contributed by atoms with E-state index in [0.29, 0.717) is 0 Å². The molecule has 0 amide bonds. The summed E-state index contributed by atoms with van der Waals surface area (Å²) in [5.41, 5.74) is 14.8. The molecule has 2 heterocycles. The van der Waals surface area contributed by atoms with Crippen LogP contribution in [0.15, 0.2) is 192 Å². The van der Waals surface area contributed by atoms with Crippen molar-refractivity contribution < 1.29 is 4.42 Å². The summed E-state index contributed by atoms with van der Waals surface area (Å²) in [6, 6.07) is 67.4. The molecule has 0 saturated heterocycles. The second-order valence-electron chi connectivity index (χ2n) is 12.9. The number of fused-ring (bicyclic) bond motifs is 6. The molecule has 0 unspecified atom stereocenters. The number of para-hydroxylation sites is 2. The molecular formula is C48H31NO. The van der Waals surface area contributed by atoms with E-state index in [9.17, 15) is 0 Å². The van der Waals surface area contributed by atoms with Crippen LogP contribution in [-0.2, 0) is 0 Å². The Kier molecular flexibility index (Phi) is 6.53. The molecule has 2 aromatic heterocycles. The predicted molar refractivity (Wildman–Crippen MR) is 210 cm³/mol. The fourth-order valence-electron chi connectivity index (χ4n) is 7.63. The molecule has 10 aromatic rings. The smallest absolute Gasteiger partial charge is 0.136 e. The van der Waals surface area contributed by atoms with Crippen LogP contribution < -0.4 is 0 Å². The standard InChI is InChI=1S/C48H31NO/c1-4-13-32(14-5-1)36-27-37(33-15-6-2-7-16-33)29-38(28-36)40-20-12-22-47-48(40)43-31-35(24-26-46(43)50-47)34-23-25-45-42(30-34)41-19-10-11-21-44(41)49(45)39-17-8-3-9-18-39/h1-31H. The first-order valence-electron chi connectivity index (χ1n) is 17.1. The van der Waals surface area contributed by atoms with Crippen molar-refractivity contribution in [2.45, 2.75) is 0 Å². The molecule has 10 rings (SSSR count). The van der Waals surface area contributed by atoms with Gasteiger partial charge in [-0.25, -0.2) is 0 Å². The summed E-state index contributed by atoms with van der Waals surface area (Å²) in [7, 11) is 0. The maximum atomic E-state index is 6.51. The lowest BCUT2D eigenvalue weighted by atomic mass is 9.91. The summed E-state index contributed by atoms with van der Waals surface area (Å²) >= 11 is 0. The molecule has 0 atom stereocenters. The predicted octanol–water partition coefficient (Wildman–Crippen LogP) is 13.4. The number of rotatable bonds is 5. The number of benzene rings is 8. The van der Waals surface area contributed by atoms with Crippen molar-refractivity contribution in [3.05, 3.63) is 188 Å². The number of aromatic nitrogens is 1. The third-order valence-corrected chi connectivity index (χ3v) is 9.97. The van der Waals surface area contributed by atoms with Gasteiger partial charge in [-0.15, -0.1) is 0 Å². The highest BCUT2D eigenvalue weighted by molar-refractivity contribution is 6.14. The summed E-state index contributed by atoms with van der Waals surface area (Å²) in [5.74, 6) is 0. The first-order valence-corrected chi connectivity index (χ1v) is 17.1. The first-order chi connectivity index (χ1) is 24.8. The molecule has 234 valence electrons. The molecular weight excluding hydrogens is 607 g/mol. The van der Waals surface area contributed by atoms with Gasteiger partial charge in [-0.05, 0) is 111 Å². The fourth-order valence-corrected chi connectivity index (χ4v) is 7.63. The van der Waals surface area contributed by atoms with E-state index < -0.39 is 0 Å². The van der Waals surface area contributed by atoms with Gasteiger partial charge in [0.2, 0.25) is 0 Å². The summed E-state index contributed by atoms with van der Waals surface area (Å²) < 4.78 is 8.87. The Hall–Kier alpha value is -6.64. The van der Waals surface area contributed by atoms with Crippen molar-refractivity contribution in [2.75, 3.05) is 0 Å². The second-order valence-corrected chi connectivity index (χ2v) is 12.9. The van der Waals surface area contributed by atoms with Gasteiger partial charge in [0.05, 0.1) is 11.0 Å². The van der Waals surface area contributed by atoms with E-state index in [-0.39, 0.29) is 0 Å². The van der Waals surface area contributed by atoms with Crippen molar-refractivity contribution in [1.29, 1.82) is 0 Å². The largest absolute Gasteiger partial charge is 0.456 e. The van der Waals surface area contributed by atoms with Crippen LogP contribution in [0.3, 0.4) is 0 Å². The molecule has 0 N–H and O–H groups in total. The van der Waals surface area contributed by atoms with Crippen molar-refractivity contribution in [2.24, 2.45) is 0 Å². The Morgan fingerprint density at radius 2 is 0.900 bits per heavy atom. The minimum absolute atomic E-state index is 0.889. The molecule has 0 aliphatic rings. The number of furan rings is 1. The van der Waals surface area contributed by atoms with Gasteiger partial charge in [-0.2, -0.15) is 0 Å². The summed E-state index contributed by atoms with van der Waals surface area (Å²) in [5, 5.41) is 4.74. The van der Waals surface area contributed by atoms with Crippen LogP contribution in [0.4, 0.5) is 0 Å². The molecule has 0 aliphatic carbocycles. The summed E-state index contributed by atoms with van der Waals surface area (Å²) in [4.78, 5) is 0. The van der Waals surface area contributed by atoms with E-state index in [0.717, 1.165) is 38.8 Å². The Morgan fingerprint density at radius 1 is 0.320 bits per heavy atom. The van der Waals surface area contributed by atoms with E-state index >= 15 is 0 Å². The molecule has 0 radical (unpaired) electrons. The maximum Gasteiger partial charge on any atom is 0.136 e. The van der Waals surface area contributed by atoms with Crippen LogP contribution in [0, 0.1) is 0 Å². The van der Waals surface area contributed by atoms with Crippen LogP contribution in [-0.4, -0.2) is 4.57 Å². The van der Waals surface area contributed by atoms with E-state index in [1.165, 1.54) is 55.2 Å². The molecule has 0 spiro atoms. The molecule has 2 heteroatoms. The topological polar surface area (TPSA) is 18.1 Å². The normalized spacial score (nSPS) is 11.6. The van der Waals surface area contributed by atoms with Gasteiger partial charge in [0.1, 0.15) is 11.2 Å². The maximum absolute atomic E-state index is 6.51. The van der Waals surface area contributed by atoms with Crippen LogP contribution in [0.2, 0.25) is 0 Å². The number of nitrogens with zero attached hydrogens (tertiary/aromatic N) is 1. The van der Waals surface area contributed by atoms with Crippen LogP contribution in [0.5, 0.6) is 0 Å². The fraction of sp³-hybridized carbons (Fsp3) is 0. The third kappa shape index (κ3) is 4.65. The average Bonchev–Trinajstić information content (AvgIpc) is 3.74. The van der Waals surface area contributed by atoms with Crippen molar-refractivity contribution >= 4 is 43.7 Å². The zero-order valence-corrected chi connectivity index (χ0v) is 27.3. The Balaban J connectivity index is 1.16. The highest BCUT2D eigenvalue weighted by Crippen LogP contribution is 2.42. The SMILES string of the molecule is c1ccc(-c2cc(-c3ccccc3)cc(-c3cccc4oc5ccc(-c6ccc7c(c6)c6ccccc6n7-c6ccccc6)cc5c34)c2)cc1. The molecule has 0 bridgehead atoms. The van der Waals surface area contributed by atoms with E-state index in [4.69, 9.17) is 4.42 Å². The quantitative estimate of drug-likeness (QED) is 0.184. The Bertz CT molecular complexity index is 2790. The first kappa shape index (κ1) is 28.4. The third-order valence-electron chi connectivity index (χ3n) is 9.97. The molecule has 0 saturated carbocycles. The van der Waals surface area contributed by atoms with E-state index in [2.05, 4.69) is 193 Å². The van der Waals surface area contributed by atoms with Gasteiger partial charge in [0.25, 0.3) is 0 Å². The van der Waals surface area contributed by atoms with E-state index in [1.807, 2.05) is 0 Å². The van der Waals surface area contributed by atoms with Gasteiger partial charge in [-0.3, -0.25) is 0 Å². The minimum Gasteiger partial charge on any atom is -0.456 e. The summed E-state index contributed by atoms with van der Waals surface area (Å²) in [6.45, 7) is 0. The molecule has 50 heavy (non-hydrogen) atoms.